The summed E-state index contributed by atoms with van der Waals surface area (Å²) in [7, 11) is 0. The number of hydrogen-bond donors (Lipinski definition) is 1. The predicted octanol–water partition coefficient (Wildman–Crippen LogP) is 2.93. The van der Waals surface area contributed by atoms with E-state index in [-0.39, 0.29) is 5.54 Å². The average molecular weight is 189 g/mol. The summed E-state index contributed by atoms with van der Waals surface area (Å²) in [5, 5.41) is 3.64. The molecule has 1 nitrogen and oxygen atoms in total. The predicted molar refractivity (Wildman–Crippen MR) is 60.5 cm³/mol. The van der Waals surface area contributed by atoms with Crippen molar-refractivity contribution in [2.24, 2.45) is 0 Å². The molecule has 0 heterocycles. The Morgan fingerprint density at radius 1 is 1.14 bits per heavy atom. The van der Waals surface area contributed by atoms with Crippen LogP contribution in [0.1, 0.15) is 38.7 Å². The van der Waals surface area contributed by atoms with E-state index >= 15 is 0 Å². The van der Waals surface area contributed by atoms with E-state index in [0.717, 1.165) is 5.92 Å². The van der Waals surface area contributed by atoms with E-state index in [1.54, 1.807) is 0 Å². The smallest absolute Gasteiger partial charge is 0.0148 e. The third-order valence-corrected chi connectivity index (χ3v) is 2.64. The maximum Gasteiger partial charge on any atom is 0.0148 e. The van der Waals surface area contributed by atoms with Gasteiger partial charge in [-0.1, -0.05) is 30.3 Å². The van der Waals surface area contributed by atoms with Crippen LogP contribution in [0.3, 0.4) is 0 Å². The molecule has 1 unspecified atom stereocenters. The first kappa shape index (κ1) is 9.72. The lowest BCUT2D eigenvalue weighted by molar-refractivity contribution is 0.418. The summed E-state index contributed by atoms with van der Waals surface area (Å²) in [6.45, 7) is 6.69. The van der Waals surface area contributed by atoms with Crippen LogP contribution in [-0.4, -0.2) is 11.6 Å². The second kappa shape index (κ2) is 3.39. The summed E-state index contributed by atoms with van der Waals surface area (Å²) in [4.78, 5) is 0. The van der Waals surface area contributed by atoms with Crippen LogP contribution in [-0.2, 0) is 0 Å². The summed E-state index contributed by atoms with van der Waals surface area (Å²) >= 11 is 0. The summed E-state index contributed by atoms with van der Waals surface area (Å²) in [6, 6.07) is 11.5. The molecule has 0 spiro atoms. The standard InChI is InChI=1S/C13H19N/c1-13(2,3)14-12-9-11(12)10-7-5-4-6-8-10/h4-8,11-12,14H,9H2,1-3H3/t11-,12?/m0/s1. The first-order chi connectivity index (χ1) is 6.56. The summed E-state index contributed by atoms with van der Waals surface area (Å²) in [6.07, 6.45) is 1.29. The van der Waals surface area contributed by atoms with Crippen LogP contribution in [0, 0.1) is 0 Å². The molecule has 14 heavy (non-hydrogen) atoms. The molecular weight excluding hydrogens is 170 g/mol. The summed E-state index contributed by atoms with van der Waals surface area (Å²) in [5.74, 6) is 0.746. The van der Waals surface area contributed by atoms with E-state index in [9.17, 15) is 0 Å². The van der Waals surface area contributed by atoms with Gasteiger partial charge in [-0.05, 0) is 32.8 Å². The maximum atomic E-state index is 3.64. The SMILES string of the molecule is CC(C)(C)NC1C[C@H]1c1ccccc1. The van der Waals surface area contributed by atoms with Crippen molar-refractivity contribution in [3.63, 3.8) is 0 Å². The zero-order chi connectivity index (χ0) is 10.2. The Morgan fingerprint density at radius 2 is 1.79 bits per heavy atom. The van der Waals surface area contributed by atoms with Crippen molar-refractivity contribution in [2.75, 3.05) is 0 Å². The second-order valence-electron chi connectivity index (χ2n) is 5.25. The van der Waals surface area contributed by atoms with E-state index in [1.807, 2.05) is 0 Å². The van der Waals surface area contributed by atoms with E-state index < -0.39 is 0 Å². The molecule has 1 aromatic rings. The highest BCUT2D eigenvalue weighted by atomic mass is 15.0. The van der Waals surface area contributed by atoms with Crippen LogP contribution in [0.2, 0.25) is 0 Å². The van der Waals surface area contributed by atoms with Crippen molar-refractivity contribution in [3.05, 3.63) is 35.9 Å². The fourth-order valence-corrected chi connectivity index (χ4v) is 1.98. The van der Waals surface area contributed by atoms with Gasteiger partial charge in [-0.2, -0.15) is 0 Å². The lowest BCUT2D eigenvalue weighted by Crippen LogP contribution is -2.38. The Bertz CT molecular complexity index is 297. The van der Waals surface area contributed by atoms with Crippen molar-refractivity contribution >= 4 is 0 Å². The lowest BCUT2D eigenvalue weighted by Gasteiger charge is -2.20. The Morgan fingerprint density at radius 3 is 2.36 bits per heavy atom. The molecule has 0 bridgehead atoms. The molecule has 1 aliphatic carbocycles. The van der Waals surface area contributed by atoms with Gasteiger partial charge in [0.1, 0.15) is 0 Å². The summed E-state index contributed by atoms with van der Waals surface area (Å²) in [5.41, 5.74) is 1.73. The molecule has 1 N–H and O–H groups in total. The van der Waals surface area contributed by atoms with E-state index in [1.165, 1.54) is 12.0 Å². The first-order valence-corrected chi connectivity index (χ1v) is 5.39. The van der Waals surface area contributed by atoms with Gasteiger partial charge in [-0.3, -0.25) is 0 Å². The average Bonchev–Trinajstić information content (AvgIpc) is 2.82. The van der Waals surface area contributed by atoms with Gasteiger partial charge in [0.25, 0.3) is 0 Å². The molecule has 1 fully saturated rings. The van der Waals surface area contributed by atoms with E-state index in [0.29, 0.717) is 6.04 Å². The fourth-order valence-electron chi connectivity index (χ4n) is 1.98. The van der Waals surface area contributed by atoms with Gasteiger partial charge in [-0.25, -0.2) is 0 Å². The summed E-state index contributed by atoms with van der Waals surface area (Å²) < 4.78 is 0. The number of hydrogen-bond acceptors (Lipinski definition) is 1. The van der Waals surface area contributed by atoms with Gasteiger partial charge in [0.15, 0.2) is 0 Å². The normalized spacial score (nSPS) is 26.2. The van der Waals surface area contributed by atoms with Crippen LogP contribution in [0.5, 0.6) is 0 Å². The quantitative estimate of drug-likeness (QED) is 0.754. The molecule has 1 aromatic carbocycles. The Hall–Kier alpha value is -0.820. The Kier molecular flexibility index (Phi) is 2.36. The van der Waals surface area contributed by atoms with Crippen LogP contribution in [0.25, 0.3) is 0 Å². The number of rotatable bonds is 2. The molecular formula is C13H19N. The van der Waals surface area contributed by atoms with Gasteiger partial charge in [-0.15, -0.1) is 0 Å². The molecule has 0 aromatic heterocycles. The first-order valence-electron chi connectivity index (χ1n) is 5.39. The van der Waals surface area contributed by atoms with Crippen molar-refractivity contribution in [2.45, 2.75) is 44.7 Å². The molecule has 0 radical (unpaired) electrons. The van der Waals surface area contributed by atoms with Gasteiger partial charge in [0.2, 0.25) is 0 Å². The minimum Gasteiger partial charge on any atom is -0.309 e. The molecule has 0 saturated heterocycles. The van der Waals surface area contributed by atoms with Crippen molar-refractivity contribution < 1.29 is 0 Å². The van der Waals surface area contributed by atoms with Crippen LogP contribution >= 0.6 is 0 Å². The number of benzene rings is 1. The zero-order valence-corrected chi connectivity index (χ0v) is 9.25. The van der Waals surface area contributed by atoms with Crippen molar-refractivity contribution in [3.8, 4) is 0 Å². The highest BCUT2D eigenvalue weighted by molar-refractivity contribution is 5.27. The molecule has 1 saturated carbocycles. The number of nitrogens with one attached hydrogen (secondary N) is 1. The maximum absolute atomic E-state index is 3.64. The fraction of sp³-hybridized carbons (Fsp3) is 0.538. The molecule has 76 valence electrons. The van der Waals surface area contributed by atoms with E-state index in [2.05, 4.69) is 56.4 Å². The lowest BCUT2D eigenvalue weighted by atomic mass is 10.1. The topological polar surface area (TPSA) is 12.0 Å². The van der Waals surface area contributed by atoms with Gasteiger partial charge in [0, 0.05) is 17.5 Å². The molecule has 0 aliphatic heterocycles. The van der Waals surface area contributed by atoms with Gasteiger partial charge < -0.3 is 5.32 Å². The Balaban J connectivity index is 1.94. The highest BCUT2D eigenvalue weighted by Crippen LogP contribution is 2.41. The van der Waals surface area contributed by atoms with Gasteiger partial charge in [0.05, 0.1) is 0 Å². The van der Waals surface area contributed by atoms with Gasteiger partial charge >= 0.3 is 0 Å². The third-order valence-electron chi connectivity index (χ3n) is 2.64. The monoisotopic (exact) mass is 189 g/mol. The van der Waals surface area contributed by atoms with Crippen LogP contribution < -0.4 is 5.32 Å². The third kappa shape index (κ3) is 2.36. The molecule has 1 heteroatoms. The van der Waals surface area contributed by atoms with Crippen LogP contribution in [0.4, 0.5) is 0 Å². The minimum atomic E-state index is 0.244. The van der Waals surface area contributed by atoms with E-state index in [4.69, 9.17) is 0 Å². The zero-order valence-electron chi connectivity index (χ0n) is 9.25. The van der Waals surface area contributed by atoms with Crippen LogP contribution in [0.15, 0.2) is 30.3 Å². The molecule has 2 rings (SSSR count). The molecule has 2 atom stereocenters. The highest BCUT2D eigenvalue weighted by Gasteiger charge is 2.39. The Labute approximate surface area is 86.5 Å². The second-order valence-corrected chi connectivity index (χ2v) is 5.25. The van der Waals surface area contributed by atoms with Crippen molar-refractivity contribution in [1.29, 1.82) is 0 Å². The minimum absolute atomic E-state index is 0.244. The molecule has 0 amide bonds. The largest absolute Gasteiger partial charge is 0.309 e. The van der Waals surface area contributed by atoms with Crippen molar-refractivity contribution in [1.82, 2.24) is 5.32 Å². The molecule has 1 aliphatic rings.